The summed E-state index contributed by atoms with van der Waals surface area (Å²) in [6.07, 6.45) is 2.92. The number of rotatable bonds is 5. The van der Waals surface area contributed by atoms with Gasteiger partial charge in [-0.25, -0.2) is 0 Å². The van der Waals surface area contributed by atoms with Crippen LogP contribution in [0.25, 0.3) is 0 Å². The van der Waals surface area contributed by atoms with Crippen LogP contribution < -0.4 is 11.1 Å². The molecular weight excluding hydrogens is 170 g/mol. The van der Waals surface area contributed by atoms with Crippen LogP contribution in [-0.4, -0.2) is 17.6 Å². The number of hydrogen-bond donors (Lipinski definition) is 2. The van der Waals surface area contributed by atoms with Crippen molar-refractivity contribution in [2.45, 2.75) is 25.9 Å². The number of hydrogen-bond acceptors (Lipinski definition) is 4. The van der Waals surface area contributed by atoms with Gasteiger partial charge in [-0.3, -0.25) is 4.98 Å². The molecule has 4 heteroatoms. The largest absolute Gasteiger partial charge is 0.330 e. The lowest BCUT2D eigenvalue weighted by atomic mass is 10.2. The van der Waals surface area contributed by atoms with E-state index in [9.17, 15) is 0 Å². The molecule has 0 aliphatic rings. The molecular formula is C8H15N3S. The summed E-state index contributed by atoms with van der Waals surface area (Å²) in [5.74, 6) is 0. The van der Waals surface area contributed by atoms with E-state index in [-0.39, 0.29) is 0 Å². The molecule has 1 atom stereocenters. The second kappa shape index (κ2) is 5.24. The Hall–Kier alpha value is -0.450. The maximum absolute atomic E-state index is 5.43. The van der Waals surface area contributed by atoms with Crippen LogP contribution in [0.15, 0.2) is 11.7 Å². The zero-order chi connectivity index (χ0) is 8.81. The lowest BCUT2D eigenvalue weighted by molar-refractivity contribution is 0.522. The van der Waals surface area contributed by atoms with Crippen molar-refractivity contribution in [3.05, 3.63) is 16.6 Å². The van der Waals surface area contributed by atoms with Crippen molar-refractivity contribution in [1.29, 1.82) is 0 Å². The van der Waals surface area contributed by atoms with Gasteiger partial charge in [0.15, 0.2) is 0 Å². The molecule has 0 aliphatic carbocycles. The molecule has 1 rings (SSSR count). The maximum Gasteiger partial charge on any atom is 0.0794 e. The third kappa shape index (κ3) is 3.30. The lowest BCUT2D eigenvalue weighted by Crippen LogP contribution is -2.27. The first-order valence-corrected chi connectivity index (χ1v) is 5.01. The summed E-state index contributed by atoms with van der Waals surface area (Å²) < 4.78 is 0. The molecule has 1 aromatic heterocycles. The van der Waals surface area contributed by atoms with E-state index < -0.39 is 0 Å². The van der Waals surface area contributed by atoms with Gasteiger partial charge in [0.1, 0.15) is 0 Å². The SMILES string of the molecule is CC(CCN)NCc1cncs1. The summed E-state index contributed by atoms with van der Waals surface area (Å²) >= 11 is 1.68. The Kier molecular flexibility index (Phi) is 4.21. The summed E-state index contributed by atoms with van der Waals surface area (Å²) in [5.41, 5.74) is 7.28. The number of nitrogens with one attached hydrogen (secondary N) is 1. The van der Waals surface area contributed by atoms with E-state index in [0.29, 0.717) is 6.04 Å². The first-order chi connectivity index (χ1) is 5.83. The van der Waals surface area contributed by atoms with Gasteiger partial charge in [0.05, 0.1) is 5.51 Å². The third-order valence-corrected chi connectivity index (χ3v) is 2.49. The molecule has 1 aromatic rings. The van der Waals surface area contributed by atoms with Gasteiger partial charge in [0, 0.05) is 23.7 Å². The summed E-state index contributed by atoms with van der Waals surface area (Å²) in [6.45, 7) is 3.80. The van der Waals surface area contributed by atoms with Crippen LogP contribution in [0.1, 0.15) is 18.2 Å². The minimum absolute atomic E-state index is 0.497. The van der Waals surface area contributed by atoms with Crippen LogP contribution in [0, 0.1) is 0 Å². The average molecular weight is 185 g/mol. The Balaban J connectivity index is 2.17. The van der Waals surface area contributed by atoms with Crippen LogP contribution in [0.2, 0.25) is 0 Å². The number of nitrogens with zero attached hydrogens (tertiary/aromatic N) is 1. The molecule has 68 valence electrons. The molecule has 0 saturated carbocycles. The fourth-order valence-corrected chi connectivity index (χ4v) is 1.50. The topological polar surface area (TPSA) is 50.9 Å². The van der Waals surface area contributed by atoms with Gasteiger partial charge in [-0.2, -0.15) is 0 Å². The summed E-state index contributed by atoms with van der Waals surface area (Å²) in [4.78, 5) is 5.28. The van der Waals surface area contributed by atoms with E-state index in [0.717, 1.165) is 19.5 Å². The van der Waals surface area contributed by atoms with Crippen LogP contribution in [-0.2, 0) is 6.54 Å². The minimum atomic E-state index is 0.497. The average Bonchev–Trinajstić information content (AvgIpc) is 2.53. The van der Waals surface area contributed by atoms with Gasteiger partial charge in [-0.05, 0) is 19.9 Å². The molecule has 1 heterocycles. The van der Waals surface area contributed by atoms with Crippen molar-refractivity contribution in [1.82, 2.24) is 10.3 Å². The van der Waals surface area contributed by atoms with Crippen LogP contribution in [0.3, 0.4) is 0 Å². The Morgan fingerprint density at radius 2 is 2.58 bits per heavy atom. The van der Waals surface area contributed by atoms with E-state index in [1.54, 1.807) is 11.3 Å². The van der Waals surface area contributed by atoms with Gasteiger partial charge in [0.2, 0.25) is 0 Å². The Bertz CT molecular complexity index is 198. The quantitative estimate of drug-likeness (QED) is 0.718. The zero-order valence-electron chi connectivity index (χ0n) is 7.29. The normalized spacial score (nSPS) is 13.2. The molecule has 0 amide bonds. The predicted molar refractivity (Wildman–Crippen MR) is 52.1 cm³/mol. The minimum Gasteiger partial charge on any atom is -0.330 e. The van der Waals surface area contributed by atoms with Gasteiger partial charge >= 0.3 is 0 Å². The lowest BCUT2D eigenvalue weighted by Gasteiger charge is -2.10. The first kappa shape index (κ1) is 9.64. The number of nitrogens with two attached hydrogens (primary N) is 1. The summed E-state index contributed by atoms with van der Waals surface area (Å²) in [5, 5.41) is 3.38. The number of thiazole rings is 1. The highest BCUT2D eigenvalue weighted by atomic mass is 32.1. The van der Waals surface area contributed by atoms with Crippen molar-refractivity contribution in [2.24, 2.45) is 5.73 Å². The molecule has 3 nitrogen and oxygen atoms in total. The van der Waals surface area contributed by atoms with E-state index in [4.69, 9.17) is 5.73 Å². The van der Waals surface area contributed by atoms with E-state index >= 15 is 0 Å². The van der Waals surface area contributed by atoms with Crippen molar-refractivity contribution in [3.8, 4) is 0 Å². The van der Waals surface area contributed by atoms with Crippen LogP contribution in [0.5, 0.6) is 0 Å². The fraction of sp³-hybridized carbons (Fsp3) is 0.625. The number of aromatic nitrogens is 1. The van der Waals surface area contributed by atoms with Crippen LogP contribution >= 0.6 is 11.3 Å². The fourth-order valence-electron chi connectivity index (χ4n) is 0.956. The Labute approximate surface area is 77.0 Å². The Morgan fingerprint density at radius 1 is 1.75 bits per heavy atom. The molecule has 0 fully saturated rings. The predicted octanol–water partition coefficient (Wildman–Crippen LogP) is 0.970. The third-order valence-electron chi connectivity index (χ3n) is 1.71. The van der Waals surface area contributed by atoms with Gasteiger partial charge in [-0.15, -0.1) is 11.3 Å². The smallest absolute Gasteiger partial charge is 0.0794 e. The molecule has 1 unspecified atom stereocenters. The molecule has 0 spiro atoms. The van der Waals surface area contributed by atoms with E-state index in [2.05, 4.69) is 17.2 Å². The highest BCUT2D eigenvalue weighted by molar-refractivity contribution is 7.09. The van der Waals surface area contributed by atoms with E-state index in [1.807, 2.05) is 11.7 Å². The highest BCUT2D eigenvalue weighted by Gasteiger charge is 2.00. The summed E-state index contributed by atoms with van der Waals surface area (Å²) in [7, 11) is 0. The maximum atomic E-state index is 5.43. The van der Waals surface area contributed by atoms with Crippen molar-refractivity contribution >= 4 is 11.3 Å². The molecule has 0 radical (unpaired) electrons. The molecule has 0 aliphatic heterocycles. The van der Waals surface area contributed by atoms with Crippen molar-refractivity contribution in [3.63, 3.8) is 0 Å². The Morgan fingerprint density at radius 3 is 3.17 bits per heavy atom. The summed E-state index contributed by atoms with van der Waals surface area (Å²) in [6, 6.07) is 0.497. The van der Waals surface area contributed by atoms with Gasteiger partial charge < -0.3 is 11.1 Å². The first-order valence-electron chi connectivity index (χ1n) is 4.13. The standard InChI is InChI=1S/C8H15N3S/c1-7(2-3-9)11-5-8-4-10-6-12-8/h4,6-7,11H,2-3,5,9H2,1H3. The van der Waals surface area contributed by atoms with Crippen molar-refractivity contribution < 1.29 is 0 Å². The second-order valence-corrected chi connectivity index (χ2v) is 3.80. The second-order valence-electron chi connectivity index (χ2n) is 2.83. The van der Waals surface area contributed by atoms with Gasteiger partial charge in [0.25, 0.3) is 0 Å². The van der Waals surface area contributed by atoms with Crippen molar-refractivity contribution in [2.75, 3.05) is 6.54 Å². The molecule has 0 saturated heterocycles. The van der Waals surface area contributed by atoms with Gasteiger partial charge in [-0.1, -0.05) is 0 Å². The zero-order valence-corrected chi connectivity index (χ0v) is 8.10. The molecule has 12 heavy (non-hydrogen) atoms. The molecule has 0 aromatic carbocycles. The molecule has 0 bridgehead atoms. The monoisotopic (exact) mass is 185 g/mol. The van der Waals surface area contributed by atoms with E-state index in [1.165, 1.54) is 4.88 Å². The van der Waals surface area contributed by atoms with Crippen LogP contribution in [0.4, 0.5) is 0 Å². The molecule has 3 N–H and O–H groups in total. The highest BCUT2D eigenvalue weighted by Crippen LogP contribution is 2.04.